The van der Waals surface area contributed by atoms with Gasteiger partial charge in [-0.1, -0.05) is 0 Å². The molecule has 5 nitrogen and oxygen atoms in total. The minimum absolute atomic E-state index is 0.255. The lowest BCUT2D eigenvalue weighted by atomic mass is 10.5. The Morgan fingerprint density at radius 2 is 2.20 bits per heavy atom. The monoisotopic (exact) mass is 141 g/mol. The van der Waals surface area contributed by atoms with E-state index in [0.29, 0.717) is 5.82 Å². The maximum atomic E-state index is 10.6. The molecule has 0 aliphatic heterocycles. The van der Waals surface area contributed by atoms with Gasteiger partial charge in [-0.05, 0) is 0 Å². The fourth-order valence-electron chi connectivity index (χ4n) is 0.616. The van der Waals surface area contributed by atoms with E-state index in [2.05, 4.69) is 4.98 Å². The van der Waals surface area contributed by atoms with Gasteiger partial charge in [-0.3, -0.25) is 4.79 Å². The van der Waals surface area contributed by atoms with E-state index in [1.54, 1.807) is 7.05 Å². The van der Waals surface area contributed by atoms with Crippen LogP contribution in [0.1, 0.15) is 0 Å². The predicted octanol–water partition coefficient (Wildman–Crippen LogP) is -1.64. The molecule has 10 heavy (non-hydrogen) atoms. The van der Waals surface area contributed by atoms with Gasteiger partial charge < -0.3 is 11.5 Å². The molecule has 1 aromatic rings. The van der Waals surface area contributed by atoms with Gasteiger partial charge in [0.15, 0.2) is 5.82 Å². The molecule has 54 valence electrons. The maximum Gasteiger partial charge on any atom is 0.314 e. The first-order valence-corrected chi connectivity index (χ1v) is 2.75. The lowest BCUT2D eigenvalue weighted by molar-refractivity contribution is -0.644. The van der Waals surface area contributed by atoms with Crippen molar-refractivity contribution < 1.29 is 4.57 Å². The van der Waals surface area contributed by atoms with E-state index in [1.807, 2.05) is 0 Å². The zero-order valence-corrected chi connectivity index (χ0v) is 5.59. The minimum atomic E-state index is -0.284. The Morgan fingerprint density at radius 3 is 2.70 bits per heavy atom. The SMILES string of the molecule is C[n+]1c(N)cc(=O)[nH]c1N. The van der Waals surface area contributed by atoms with E-state index in [4.69, 9.17) is 11.5 Å². The predicted molar refractivity (Wildman–Crippen MR) is 37.1 cm³/mol. The van der Waals surface area contributed by atoms with Crippen LogP contribution in [0.4, 0.5) is 11.8 Å². The second-order valence-electron chi connectivity index (χ2n) is 2.00. The van der Waals surface area contributed by atoms with Gasteiger partial charge in [0.25, 0.3) is 5.56 Å². The van der Waals surface area contributed by atoms with E-state index >= 15 is 0 Å². The summed E-state index contributed by atoms with van der Waals surface area (Å²) in [6.07, 6.45) is 0. The van der Waals surface area contributed by atoms with Crippen LogP contribution in [-0.2, 0) is 7.05 Å². The number of aromatic nitrogens is 2. The number of anilines is 2. The minimum Gasteiger partial charge on any atom is -0.335 e. The Kier molecular flexibility index (Phi) is 1.33. The molecule has 1 rings (SSSR count). The van der Waals surface area contributed by atoms with Crippen LogP contribution in [0.5, 0.6) is 0 Å². The molecule has 0 saturated carbocycles. The number of hydrogen-bond donors (Lipinski definition) is 3. The Hall–Kier alpha value is -1.52. The second-order valence-corrected chi connectivity index (χ2v) is 2.00. The van der Waals surface area contributed by atoms with E-state index in [1.165, 1.54) is 10.6 Å². The van der Waals surface area contributed by atoms with E-state index in [0.717, 1.165) is 0 Å². The summed E-state index contributed by atoms with van der Waals surface area (Å²) >= 11 is 0. The van der Waals surface area contributed by atoms with Crippen molar-refractivity contribution in [2.24, 2.45) is 7.05 Å². The molecule has 0 atom stereocenters. The normalized spacial score (nSPS) is 9.70. The topological polar surface area (TPSA) is 88.8 Å². The molecule has 0 aromatic carbocycles. The van der Waals surface area contributed by atoms with Gasteiger partial charge >= 0.3 is 5.95 Å². The highest BCUT2D eigenvalue weighted by molar-refractivity contribution is 5.21. The summed E-state index contributed by atoms with van der Waals surface area (Å²) in [5.74, 6) is 0.603. The number of hydrogen-bond acceptors (Lipinski definition) is 3. The van der Waals surface area contributed by atoms with Crippen molar-refractivity contribution in [2.75, 3.05) is 11.5 Å². The van der Waals surface area contributed by atoms with Crippen LogP contribution < -0.4 is 21.6 Å². The number of rotatable bonds is 0. The van der Waals surface area contributed by atoms with Crippen molar-refractivity contribution in [3.8, 4) is 0 Å². The number of H-pyrrole nitrogens is 1. The van der Waals surface area contributed by atoms with Gasteiger partial charge in [0.2, 0.25) is 0 Å². The zero-order chi connectivity index (χ0) is 7.72. The van der Waals surface area contributed by atoms with Gasteiger partial charge in [-0.15, -0.1) is 0 Å². The van der Waals surface area contributed by atoms with Gasteiger partial charge in [0.05, 0.1) is 13.1 Å². The Morgan fingerprint density at radius 1 is 1.60 bits per heavy atom. The lowest BCUT2D eigenvalue weighted by Gasteiger charge is -1.97. The molecule has 0 aliphatic carbocycles. The quantitative estimate of drug-likeness (QED) is 0.379. The molecule has 1 aromatic heterocycles. The number of nitrogens with two attached hydrogens (primary N) is 2. The summed E-state index contributed by atoms with van der Waals surface area (Å²) in [4.78, 5) is 13.0. The molecular weight excluding hydrogens is 132 g/mol. The third-order valence-electron chi connectivity index (χ3n) is 1.28. The summed E-state index contributed by atoms with van der Waals surface area (Å²) in [6.45, 7) is 0. The fourth-order valence-corrected chi connectivity index (χ4v) is 0.616. The molecule has 1 heterocycles. The largest absolute Gasteiger partial charge is 0.335 e. The zero-order valence-electron chi connectivity index (χ0n) is 5.59. The second kappa shape index (κ2) is 2.02. The lowest BCUT2D eigenvalue weighted by Crippen LogP contribution is -2.39. The van der Waals surface area contributed by atoms with Crippen molar-refractivity contribution in [1.29, 1.82) is 0 Å². The Balaban J connectivity index is 3.46. The average Bonchev–Trinajstić information content (AvgIpc) is 1.82. The van der Waals surface area contributed by atoms with Crippen LogP contribution in [-0.4, -0.2) is 4.98 Å². The molecule has 5 N–H and O–H groups in total. The van der Waals surface area contributed by atoms with E-state index < -0.39 is 0 Å². The van der Waals surface area contributed by atoms with Crippen molar-refractivity contribution in [3.63, 3.8) is 0 Å². The third-order valence-corrected chi connectivity index (χ3v) is 1.28. The van der Waals surface area contributed by atoms with Crippen LogP contribution in [0.3, 0.4) is 0 Å². The third kappa shape index (κ3) is 0.928. The van der Waals surface area contributed by atoms with Crippen LogP contribution in [0.15, 0.2) is 10.9 Å². The molecule has 0 amide bonds. The summed E-state index contributed by atoms with van der Waals surface area (Å²) < 4.78 is 1.49. The van der Waals surface area contributed by atoms with Gasteiger partial charge in [0.1, 0.15) is 0 Å². The number of nitrogens with one attached hydrogen (secondary N) is 1. The van der Waals surface area contributed by atoms with Crippen molar-refractivity contribution in [2.45, 2.75) is 0 Å². The van der Waals surface area contributed by atoms with Gasteiger partial charge in [-0.2, -0.15) is 0 Å². The standard InChI is InChI=1S/C5H8N4O/c1-9-3(6)2-4(10)8-5(9)7/h2H,1H3,(H4,6,7,8,10)/p+1. The number of nitrogen functional groups attached to an aromatic ring is 2. The van der Waals surface area contributed by atoms with Crippen LogP contribution in [0, 0.1) is 0 Å². The van der Waals surface area contributed by atoms with Crippen LogP contribution in [0.2, 0.25) is 0 Å². The summed E-state index contributed by atoms with van der Waals surface area (Å²) in [5.41, 5.74) is 10.4. The summed E-state index contributed by atoms with van der Waals surface area (Å²) in [7, 11) is 1.67. The highest BCUT2D eigenvalue weighted by Crippen LogP contribution is 1.86. The first-order chi connectivity index (χ1) is 4.61. The molecule has 0 unspecified atom stereocenters. The number of nitrogens with zero attached hydrogens (tertiary/aromatic N) is 1. The van der Waals surface area contributed by atoms with Crippen molar-refractivity contribution in [1.82, 2.24) is 4.98 Å². The molecule has 5 heteroatoms. The average molecular weight is 141 g/mol. The van der Waals surface area contributed by atoms with Crippen LogP contribution >= 0.6 is 0 Å². The maximum absolute atomic E-state index is 10.6. The van der Waals surface area contributed by atoms with E-state index in [-0.39, 0.29) is 11.5 Å². The van der Waals surface area contributed by atoms with Crippen molar-refractivity contribution in [3.05, 3.63) is 16.4 Å². The molecule has 0 saturated heterocycles. The smallest absolute Gasteiger partial charge is 0.314 e. The summed E-state index contributed by atoms with van der Waals surface area (Å²) in [5, 5.41) is 0. The van der Waals surface area contributed by atoms with Gasteiger partial charge in [-0.25, -0.2) is 9.55 Å². The Bertz CT molecular complexity index is 277. The van der Waals surface area contributed by atoms with E-state index in [9.17, 15) is 4.79 Å². The highest BCUT2D eigenvalue weighted by atomic mass is 16.1. The van der Waals surface area contributed by atoms with Gasteiger partial charge in [0, 0.05) is 0 Å². The number of aromatic amines is 1. The first-order valence-electron chi connectivity index (χ1n) is 2.75. The van der Waals surface area contributed by atoms with Crippen molar-refractivity contribution >= 4 is 11.8 Å². The summed E-state index contributed by atoms with van der Waals surface area (Å²) in [6, 6.07) is 1.27. The highest BCUT2D eigenvalue weighted by Gasteiger charge is 2.02. The fraction of sp³-hybridized carbons (Fsp3) is 0.200. The Labute approximate surface area is 57.3 Å². The first kappa shape index (κ1) is 6.60. The molecular formula is C5H9N4O+. The molecule has 0 spiro atoms. The molecule has 0 fully saturated rings. The van der Waals surface area contributed by atoms with Crippen LogP contribution in [0.25, 0.3) is 0 Å². The molecule has 0 aliphatic rings. The molecule has 0 bridgehead atoms. The molecule has 0 radical (unpaired) electrons.